The first-order chi connectivity index (χ1) is 8.35. The number of Topliss-reactive ketones (excluding diaryl/α,β-unsaturated/α-hetero) is 1. The first kappa shape index (κ1) is 14.1. The smallest absolute Gasteiger partial charge is 0.310 e. The van der Waals surface area contributed by atoms with Crippen LogP contribution in [0, 0.1) is 0 Å². The second-order valence-electron chi connectivity index (χ2n) is 4.69. The predicted octanol–water partition coefficient (Wildman–Crippen LogP) is 5.12. The lowest BCUT2D eigenvalue weighted by Crippen LogP contribution is -2.10. The Morgan fingerprint density at radius 2 is 1.74 bits per heavy atom. The van der Waals surface area contributed by atoms with Gasteiger partial charge in [-0.15, -0.1) is 0 Å². The first-order valence-electron chi connectivity index (χ1n) is 5.52. The summed E-state index contributed by atoms with van der Waals surface area (Å²) < 4.78 is 63.9. The Balaban J connectivity index is 2.54. The second kappa shape index (κ2) is 3.41. The number of nitrogens with one attached hydrogen (secondary N) is 1. The Morgan fingerprint density at radius 1 is 1.16 bits per heavy atom. The van der Waals surface area contributed by atoms with Crippen molar-refractivity contribution in [1.29, 1.82) is 0 Å². The Hall–Kier alpha value is -1.31. The van der Waals surface area contributed by atoms with Gasteiger partial charge in [0.25, 0.3) is 0 Å². The molecule has 0 bridgehead atoms. The fourth-order valence-corrected chi connectivity index (χ4v) is 2.27. The lowest BCUT2D eigenvalue weighted by Gasteiger charge is -2.40. The van der Waals surface area contributed by atoms with Gasteiger partial charge in [0.05, 0.1) is 0 Å². The number of carbonyl (C=O) groups is 1. The highest BCUT2D eigenvalue weighted by Gasteiger charge is 2.65. The molecule has 0 heterocycles. The Kier molecular flexibility index (Phi) is 2.53. The molecule has 0 unspecified atom stereocenters. The van der Waals surface area contributed by atoms with Gasteiger partial charge >= 0.3 is 10.2 Å². The van der Waals surface area contributed by atoms with Crippen molar-refractivity contribution < 1.29 is 24.2 Å². The zero-order valence-electron chi connectivity index (χ0n) is 9.93. The summed E-state index contributed by atoms with van der Waals surface area (Å²) in [6, 6.07) is 1.73. The number of ketones is 1. The Morgan fingerprint density at radius 3 is 2.16 bits per heavy atom. The van der Waals surface area contributed by atoms with Gasteiger partial charge in [-0.1, -0.05) is 19.4 Å². The minimum Gasteiger partial charge on any atom is -0.382 e. The third kappa shape index (κ3) is 3.59. The predicted molar refractivity (Wildman–Crippen MR) is 64.5 cm³/mol. The highest BCUT2D eigenvalue weighted by atomic mass is 32.5. The van der Waals surface area contributed by atoms with E-state index in [0.29, 0.717) is 6.07 Å². The van der Waals surface area contributed by atoms with Gasteiger partial charge in [-0.2, -0.15) is 0 Å². The van der Waals surface area contributed by atoms with Gasteiger partial charge in [0.2, 0.25) is 0 Å². The number of benzene rings is 1. The molecule has 0 amide bonds. The standard InChI is InChI=1S/C11H12F5NOS/c1-7(18)8-4-10(17-9-2-3-9)6-11(5-8)19(12,13,14,15)16/h4-6,9,17H,2-3H2,1H3. The molecular formula is C11H12F5NOS. The van der Waals surface area contributed by atoms with Crippen LogP contribution in [-0.2, 0) is 0 Å². The van der Waals surface area contributed by atoms with Crippen molar-refractivity contribution in [3.05, 3.63) is 23.8 Å². The van der Waals surface area contributed by atoms with Crippen molar-refractivity contribution in [2.45, 2.75) is 30.7 Å². The zero-order chi connectivity index (χ0) is 14.5. The molecule has 1 N–H and O–H groups in total. The van der Waals surface area contributed by atoms with E-state index in [1.807, 2.05) is 0 Å². The van der Waals surface area contributed by atoms with E-state index in [1.54, 1.807) is 0 Å². The van der Waals surface area contributed by atoms with E-state index < -0.39 is 20.9 Å². The maximum atomic E-state index is 12.8. The summed E-state index contributed by atoms with van der Waals surface area (Å²) in [5, 5.41) is 2.69. The Bertz CT molecular complexity index is 550. The third-order valence-electron chi connectivity index (χ3n) is 2.71. The summed E-state index contributed by atoms with van der Waals surface area (Å²) in [7, 11) is -9.78. The molecule has 0 radical (unpaired) electrons. The van der Waals surface area contributed by atoms with E-state index in [4.69, 9.17) is 0 Å². The van der Waals surface area contributed by atoms with Crippen molar-refractivity contribution in [2.24, 2.45) is 0 Å². The lowest BCUT2D eigenvalue weighted by molar-refractivity contribution is 0.101. The van der Waals surface area contributed by atoms with Crippen LogP contribution >= 0.6 is 10.2 Å². The average Bonchev–Trinajstić information content (AvgIpc) is 2.97. The molecule has 1 aliphatic carbocycles. The molecule has 1 aliphatic rings. The molecule has 1 aromatic carbocycles. The molecule has 8 heteroatoms. The molecule has 108 valence electrons. The molecule has 1 saturated carbocycles. The van der Waals surface area contributed by atoms with Crippen molar-refractivity contribution in [3.8, 4) is 0 Å². The molecule has 1 aromatic rings. The molecule has 0 saturated heterocycles. The molecule has 2 rings (SSSR count). The SMILES string of the molecule is CC(=O)c1cc(NC2CC2)cc(S(F)(F)(F)(F)F)c1. The monoisotopic (exact) mass is 301 g/mol. The van der Waals surface area contributed by atoms with Gasteiger partial charge in [0.1, 0.15) is 4.90 Å². The number of rotatable bonds is 4. The molecule has 0 aromatic heterocycles. The average molecular weight is 301 g/mol. The molecular weight excluding hydrogens is 289 g/mol. The van der Waals surface area contributed by atoms with Crippen LogP contribution < -0.4 is 5.32 Å². The van der Waals surface area contributed by atoms with Crippen LogP contribution in [0.4, 0.5) is 25.1 Å². The van der Waals surface area contributed by atoms with Crippen LogP contribution in [0.25, 0.3) is 0 Å². The van der Waals surface area contributed by atoms with E-state index in [1.165, 1.54) is 0 Å². The topological polar surface area (TPSA) is 29.1 Å². The lowest BCUT2D eigenvalue weighted by atomic mass is 10.1. The molecule has 0 atom stereocenters. The van der Waals surface area contributed by atoms with E-state index >= 15 is 0 Å². The fourth-order valence-electron chi connectivity index (χ4n) is 1.57. The van der Waals surface area contributed by atoms with Crippen molar-refractivity contribution in [1.82, 2.24) is 0 Å². The summed E-state index contributed by atoms with van der Waals surface area (Å²) >= 11 is 0. The number of carbonyl (C=O) groups excluding carboxylic acids is 1. The van der Waals surface area contributed by atoms with Crippen LogP contribution in [0.5, 0.6) is 0 Å². The number of halogens is 5. The maximum absolute atomic E-state index is 12.8. The summed E-state index contributed by atoms with van der Waals surface area (Å²) in [6.07, 6.45) is 1.55. The van der Waals surface area contributed by atoms with E-state index in [9.17, 15) is 24.2 Å². The normalized spacial score (nSPS) is 19.5. The van der Waals surface area contributed by atoms with Gasteiger partial charge in [-0.3, -0.25) is 4.79 Å². The first-order valence-corrected chi connectivity index (χ1v) is 7.47. The minimum absolute atomic E-state index is 0.00594. The summed E-state index contributed by atoms with van der Waals surface area (Å²) in [6.45, 7) is 1.03. The van der Waals surface area contributed by atoms with Gasteiger partial charge in [-0.25, -0.2) is 0 Å². The van der Waals surface area contributed by atoms with Crippen LogP contribution in [0.15, 0.2) is 23.1 Å². The van der Waals surface area contributed by atoms with E-state index in [0.717, 1.165) is 25.8 Å². The number of hydrogen-bond acceptors (Lipinski definition) is 2. The number of anilines is 1. The highest BCUT2D eigenvalue weighted by Crippen LogP contribution is 3.02. The molecule has 0 spiro atoms. The fraction of sp³-hybridized carbons (Fsp3) is 0.364. The molecule has 19 heavy (non-hydrogen) atoms. The summed E-state index contributed by atoms with van der Waals surface area (Å²) in [5.41, 5.74) is -0.479. The van der Waals surface area contributed by atoms with Crippen LogP contribution in [0.1, 0.15) is 30.1 Å². The minimum atomic E-state index is -9.78. The maximum Gasteiger partial charge on any atom is 0.310 e. The van der Waals surface area contributed by atoms with Crippen molar-refractivity contribution >= 4 is 21.7 Å². The van der Waals surface area contributed by atoms with E-state index in [2.05, 4.69) is 5.32 Å². The van der Waals surface area contributed by atoms with Gasteiger partial charge < -0.3 is 5.32 Å². The number of hydrogen-bond donors (Lipinski definition) is 1. The van der Waals surface area contributed by atoms with Crippen LogP contribution in [-0.4, -0.2) is 11.8 Å². The van der Waals surface area contributed by atoms with E-state index in [-0.39, 0.29) is 23.4 Å². The quantitative estimate of drug-likeness (QED) is 0.617. The second-order valence-corrected chi connectivity index (χ2v) is 7.10. The molecule has 2 nitrogen and oxygen atoms in total. The largest absolute Gasteiger partial charge is 0.382 e. The summed E-state index contributed by atoms with van der Waals surface area (Å²) in [4.78, 5) is 9.13. The third-order valence-corrected chi connectivity index (χ3v) is 3.83. The van der Waals surface area contributed by atoms with Crippen molar-refractivity contribution in [3.63, 3.8) is 0 Å². The Labute approximate surface area is 106 Å². The van der Waals surface area contributed by atoms with Crippen molar-refractivity contribution in [2.75, 3.05) is 5.32 Å². The molecule has 1 fully saturated rings. The summed E-state index contributed by atoms with van der Waals surface area (Å²) in [5.74, 6) is -0.692. The van der Waals surface area contributed by atoms with Gasteiger partial charge in [0.15, 0.2) is 5.78 Å². The van der Waals surface area contributed by atoms with Crippen LogP contribution in [0.3, 0.4) is 0 Å². The zero-order valence-corrected chi connectivity index (χ0v) is 10.7. The van der Waals surface area contributed by atoms with Crippen LogP contribution in [0.2, 0.25) is 0 Å². The highest BCUT2D eigenvalue weighted by molar-refractivity contribution is 8.45. The molecule has 0 aliphatic heterocycles. The van der Waals surface area contributed by atoms with Gasteiger partial charge in [-0.05, 0) is 38.0 Å². The van der Waals surface area contributed by atoms with Gasteiger partial charge in [0, 0.05) is 17.3 Å².